The fourth-order valence-electron chi connectivity index (χ4n) is 2.07. The summed E-state index contributed by atoms with van der Waals surface area (Å²) < 4.78 is 12.8. The largest absolute Gasteiger partial charge is 0.307 e. The molecule has 2 rings (SSSR count). The molecule has 0 spiro atoms. The van der Waals surface area contributed by atoms with Crippen LogP contribution in [0.15, 0.2) is 24.3 Å². The average Bonchev–Trinajstić information content (AvgIpc) is 2.31. The van der Waals surface area contributed by atoms with Crippen LogP contribution in [-0.4, -0.2) is 17.5 Å². The van der Waals surface area contributed by atoms with E-state index in [2.05, 4.69) is 12.2 Å². The van der Waals surface area contributed by atoms with Crippen LogP contribution in [0.1, 0.15) is 31.4 Å². The van der Waals surface area contributed by atoms with Crippen molar-refractivity contribution in [3.8, 4) is 0 Å². The highest BCUT2D eigenvalue weighted by Gasteiger charge is 2.16. The second-order valence-corrected chi connectivity index (χ2v) is 5.50. The third-order valence-electron chi connectivity index (χ3n) is 3.02. The first-order chi connectivity index (χ1) is 7.75. The molecule has 1 aromatic rings. The van der Waals surface area contributed by atoms with Crippen molar-refractivity contribution in [3.63, 3.8) is 0 Å². The lowest BCUT2D eigenvalue weighted by molar-refractivity contribution is 0.452. The number of rotatable bonds is 3. The molecule has 1 unspecified atom stereocenters. The zero-order valence-corrected chi connectivity index (χ0v) is 10.4. The Morgan fingerprint density at radius 3 is 2.75 bits per heavy atom. The summed E-state index contributed by atoms with van der Waals surface area (Å²) >= 11 is 2.02. The normalized spacial score (nSPS) is 23.0. The number of hydrogen-bond donors (Lipinski definition) is 1. The van der Waals surface area contributed by atoms with E-state index in [0.717, 1.165) is 5.56 Å². The summed E-state index contributed by atoms with van der Waals surface area (Å²) in [4.78, 5) is 0. The van der Waals surface area contributed by atoms with Crippen LogP contribution in [0, 0.1) is 5.82 Å². The van der Waals surface area contributed by atoms with E-state index < -0.39 is 0 Å². The van der Waals surface area contributed by atoms with Gasteiger partial charge in [0, 0.05) is 17.8 Å². The van der Waals surface area contributed by atoms with Gasteiger partial charge in [0.15, 0.2) is 0 Å². The molecule has 0 radical (unpaired) electrons. The number of hydrogen-bond acceptors (Lipinski definition) is 2. The van der Waals surface area contributed by atoms with E-state index in [-0.39, 0.29) is 5.82 Å². The molecule has 1 N–H and O–H groups in total. The molecule has 0 saturated carbocycles. The Morgan fingerprint density at radius 1 is 1.38 bits per heavy atom. The van der Waals surface area contributed by atoms with Crippen molar-refractivity contribution in [3.05, 3.63) is 35.6 Å². The van der Waals surface area contributed by atoms with Crippen molar-refractivity contribution in [1.29, 1.82) is 0 Å². The molecule has 2 atom stereocenters. The van der Waals surface area contributed by atoms with Gasteiger partial charge in [0.05, 0.1) is 0 Å². The van der Waals surface area contributed by atoms with Gasteiger partial charge >= 0.3 is 0 Å². The maximum Gasteiger partial charge on any atom is 0.123 e. The van der Waals surface area contributed by atoms with Crippen molar-refractivity contribution >= 4 is 11.8 Å². The predicted molar refractivity (Wildman–Crippen MR) is 68.3 cm³/mol. The van der Waals surface area contributed by atoms with E-state index in [9.17, 15) is 4.39 Å². The Morgan fingerprint density at radius 2 is 2.12 bits per heavy atom. The zero-order chi connectivity index (χ0) is 11.4. The summed E-state index contributed by atoms with van der Waals surface area (Å²) in [5, 5.41) is 3.61. The highest BCUT2D eigenvalue weighted by molar-refractivity contribution is 7.99. The lowest BCUT2D eigenvalue weighted by Crippen LogP contribution is -2.35. The summed E-state index contributed by atoms with van der Waals surface area (Å²) in [6.07, 6.45) is 2.57. The van der Waals surface area contributed by atoms with E-state index in [0.29, 0.717) is 12.1 Å². The quantitative estimate of drug-likeness (QED) is 0.868. The van der Waals surface area contributed by atoms with Gasteiger partial charge in [0.25, 0.3) is 0 Å². The molecule has 16 heavy (non-hydrogen) atoms. The Hall–Kier alpha value is -0.540. The van der Waals surface area contributed by atoms with Gasteiger partial charge in [-0.05, 0) is 43.2 Å². The summed E-state index contributed by atoms with van der Waals surface area (Å²) in [7, 11) is 0. The second kappa shape index (κ2) is 5.69. The van der Waals surface area contributed by atoms with Crippen molar-refractivity contribution in [2.75, 3.05) is 11.5 Å². The van der Waals surface area contributed by atoms with E-state index in [1.807, 2.05) is 23.9 Å². The van der Waals surface area contributed by atoms with Gasteiger partial charge in [-0.3, -0.25) is 0 Å². The molecule has 1 heterocycles. The number of thioether (sulfide) groups is 1. The second-order valence-electron chi connectivity index (χ2n) is 4.35. The molecule has 1 aliphatic rings. The van der Waals surface area contributed by atoms with E-state index >= 15 is 0 Å². The average molecular weight is 239 g/mol. The van der Waals surface area contributed by atoms with Crippen LogP contribution in [0.25, 0.3) is 0 Å². The molecule has 88 valence electrons. The van der Waals surface area contributed by atoms with Crippen LogP contribution in [0.3, 0.4) is 0 Å². The maximum atomic E-state index is 12.8. The number of halogens is 1. The van der Waals surface area contributed by atoms with Crippen LogP contribution < -0.4 is 5.32 Å². The van der Waals surface area contributed by atoms with Crippen LogP contribution in [0.4, 0.5) is 4.39 Å². The van der Waals surface area contributed by atoms with E-state index in [1.165, 1.54) is 36.5 Å². The number of nitrogens with one attached hydrogen (secondary N) is 1. The van der Waals surface area contributed by atoms with Gasteiger partial charge in [-0.15, -0.1) is 0 Å². The van der Waals surface area contributed by atoms with Gasteiger partial charge in [-0.25, -0.2) is 4.39 Å². The lowest BCUT2D eigenvalue weighted by Gasteiger charge is -2.26. The predicted octanol–water partition coefficient (Wildman–Crippen LogP) is 3.37. The minimum Gasteiger partial charge on any atom is -0.307 e. The van der Waals surface area contributed by atoms with Crippen molar-refractivity contribution in [2.45, 2.75) is 31.8 Å². The van der Waals surface area contributed by atoms with Gasteiger partial charge in [0.1, 0.15) is 5.82 Å². The Labute approximate surface area is 101 Å². The van der Waals surface area contributed by atoms with Crippen molar-refractivity contribution in [1.82, 2.24) is 5.32 Å². The Bertz CT molecular complexity index is 319. The fraction of sp³-hybridized carbons (Fsp3) is 0.538. The third-order valence-corrected chi connectivity index (χ3v) is 4.23. The summed E-state index contributed by atoms with van der Waals surface area (Å²) in [6, 6.07) is 7.71. The third kappa shape index (κ3) is 3.22. The number of benzene rings is 1. The first-order valence-electron chi connectivity index (χ1n) is 5.85. The minimum absolute atomic E-state index is 0.163. The van der Waals surface area contributed by atoms with Gasteiger partial charge in [-0.1, -0.05) is 12.1 Å². The topological polar surface area (TPSA) is 12.0 Å². The minimum atomic E-state index is -0.163. The van der Waals surface area contributed by atoms with Crippen LogP contribution in [0.5, 0.6) is 0 Å². The molecule has 1 aromatic carbocycles. The summed E-state index contributed by atoms with van der Waals surface area (Å²) in [5.41, 5.74) is 1.16. The lowest BCUT2D eigenvalue weighted by atomic mass is 10.1. The van der Waals surface area contributed by atoms with Crippen LogP contribution in [0.2, 0.25) is 0 Å². The van der Waals surface area contributed by atoms with E-state index in [1.54, 1.807) is 0 Å². The molecule has 0 amide bonds. The van der Waals surface area contributed by atoms with Gasteiger partial charge in [-0.2, -0.15) is 11.8 Å². The van der Waals surface area contributed by atoms with Gasteiger partial charge in [0.2, 0.25) is 0 Å². The zero-order valence-electron chi connectivity index (χ0n) is 9.58. The molecule has 1 aliphatic heterocycles. The standard InChI is InChI=1S/C13H18FNS/c1-10(11-4-6-12(14)7-5-11)15-13-3-2-8-16-9-13/h4-7,10,13,15H,2-3,8-9H2,1H3/t10-,13?/m0/s1. The van der Waals surface area contributed by atoms with Crippen LogP contribution in [-0.2, 0) is 0 Å². The molecule has 0 bridgehead atoms. The Kier molecular flexibility index (Phi) is 4.24. The maximum absolute atomic E-state index is 12.8. The molecule has 1 nitrogen and oxygen atoms in total. The van der Waals surface area contributed by atoms with Crippen molar-refractivity contribution < 1.29 is 4.39 Å². The van der Waals surface area contributed by atoms with E-state index in [4.69, 9.17) is 0 Å². The smallest absolute Gasteiger partial charge is 0.123 e. The molecule has 0 aliphatic carbocycles. The fourth-order valence-corrected chi connectivity index (χ4v) is 3.16. The highest BCUT2D eigenvalue weighted by Crippen LogP contribution is 2.20. The SMILES string of the molecule is C[C@H](NC1CCCSC1)c1ccc(F)cc1. The Balaban J connectivity index is 1.91. The molecule has 1 saturated heterocycles. The summed E-state index contributed by atoms with van der Waals surface area (Å²) in [6.45, 7) is 2.15. The highest BCUT2D eigenvalue weighted by atomic mass is 32.2. The first kappa shape index (κ1) is 11.9. The van der Waals surface area contributed by atoms with Crippen molar-refractivity contribution in [2.24, 2.45) is 0 Å². The first-order valence-corrected chi connectivity index (χ1v) is 7.00. The van der Waals surface area contributed by atoms with Gasteiger partial charge < -0.3 is 5.32 Å². The molecular weight excluding hydrogens is 221 g/mol. The molecular formula is C13H18FNS. The molecule has 1 fully saturated rings. The molecule has 0 aromatic heterocycles. The monoisotopic (exact) mass is 239 g/mol. The van der Waals surface area contributed by atoms with Crippen LogP contribution >= 0.6 is 11.8 Å². The summed E-state index contributed by atoms with van der Waals surface area (Å²) in [5.74, 6) is 2.33. The molecule has 3 heteroatoms.